The summed E-state index contributed by atoms with van der Waals surface area (Å²) in [6.45, 7) is 6.40. The van der Waals surface area contributed by atoms with E-state index in [1.165, 1.54) is 0 Å². The van der Waals surface area contributed by atoms with Crippen LogP contribution in [0.2, 0.25) is 0 Å². The van der Waals surface area contributed by atoms with Gasteiger partial charge in [0.2, 0.25) is 0 Å². The summed E-state index contributed by atoms with van der Waals surface area (Å²) in [5, 5.41) is 11.1. The number of aliphatic hydroxyl groups is 1. The zero-order valence-corrected chi connectivity index (χ0v) is 15.2. The normalized spacial score (nSPS) is 29.6. The lowest BCUT2D eigenvalue weighted by Gasteiger charge is -2.48. The number of piperidine rings is 1. The van der Waals surface area contributed by atoms with Gasteiger partial charge in [0.25, 0.3) is 0 Å². The Morgan fingerprint density at radius 1 is 1.12 bits per heavy atom. The molecule has 3 fully saturated rings. The minimum Gasteiger partial charge on any atom is -0.383 e. The number of hydrogen-bond acceptors (Lipinski definition) is 5. The summed E-state index contributed by atoms with van der Waals surface area (Å²) in [6, 6.07) is 4.60. The van der Waals surface area contributed by atoms with Crippen molar-refractivity contribution in [2.75, 3.05) is 32.9 Å². The number of aryl methyl sites for hydroxylation is 1. The molecule has 3 aliphatic rings. The molecule has 0 bridgehead atoms. The summed E-state index contributed by atoms with van der Waals surface area (Å²) in [4.78, 5) is 7.05. The van der Waals surface area contributed by atoms with Crippen molar-refractivity contribution < 1.29 is 14.6 Å². The topological polar surface area (TPSA) is 54.8 Å². The van der Waals surface area contributed by atoms with Crippen molar-refractivity contribution in [3.8, 4) is 0 Å². The third-order valence-electron chi connectivity index (χ3n) is 6.40. The molecule has 1 atom stereocenters. The zero-order chi connectivity index (χ0) is 17.3. The number of rotatable bonds is 2. The van der Waals surface area contributed by atoms with Crippen molar-refractivity contribution in [3.05, 3.63) is 29.6 Å². The van der Waals surface area contributed by atoms with Gasteiger partial charge < -0.3 is 14.6 Å². The van der Waals surface area contributed by atoms with Crippen molar-refractivity contribution in [1.82, 2.24) is 9.88 Å². The Balaban J connectivity index is 1.39. The minimum absolute atomic E-state index is 0.0351. The van der Waals surface area contributed by atoms with Crippen LogP contribution in [-0.2, 0) is 15.1 Å². The second-order valence-electron chi connectivity index (χ2n) is 8.08. The molecule has 1 spiro atoms. The monoisotopic (exact) mass is 346 g/mol. The second-order valence-corrected chi connectivity index (χ2v) is 8.08. The molecule has 3 saturated heterocycles. The number of aromatic nitrogens is 1. The number of nitrogens with zero attached hydrogens (tertiary/aromatic N) is 2. The van der Waals surface area contributed by atoms with Crippen molar-refractivity contribution in [1.29, 1.82) is 0 Å². The van der Waals surface area contributed by atoms with Crippen LogP contribution in [0.4, 0.5) is 0 Å². The minimum atomic E-state index is -0.772. The first-order valence-corrected chi connectivity index (χ1v) is 9.70. The van der Waals surface area contributed by atoms with E-state index in [0.29, 0.717) is 6.04 Å². The smallest absolute Gasteiger partial charge is 0.109 e. The summed E-state index contributed by atoms with van der Waals surface area (Å²) in [7, 11) is 0. The maximum Gasteiger partial charge on any atom is 0.109 e. The highest BCUT2D eigenvalue weighted by Gasteiger charge is 2.43. The van der Waals surface area contributed by atoms with Gasteiger partial charge in [-0.1, -0.05) is 6.07 Å². The van der Waals surface area contributed by atoms with Gasteiger partial charge in [0.15, 0.2) is 0 Å². The van der Waals surface area contributed by atoms with Crippen LogP contribution in [-0.4, -0.2) is 59.5 Å². The van der Waals surface area contributed by atoms with Crippen LogP contribution >= 0.6 is 0 Å². The van der Waals surface area contributed by atoms with Crippen LogP contribution in [0.15, 0.2) is 18.3 Å². The lowest BCUT2D eigenvalue weighted by molar-refractivity contribution is -0.156. The van der Waals surface area contributed by atoms with Crippen molar-refractivity contribution in [2.24, 2.45) is 0 Å². The Kier molecular flexibility index (Phi) is 4.84. The first-order chi connectivity index (χ1) is 12.1. The number of hydrogen-bond donors (Lipinski definition) is 1. The Bertz CT molecular complexity index is 570. The van der Waals surface area contributed by atoms with Gasteiger partial charge in [-0.25, -0.2) is 0 Å². The molecule has 4 rings (SSSR count). The van der Waals surface area contributed by atoms with Crippen LogP contribution in [0.5, 0.6) is 0 Å². The van der Waals surface area contributed by atoms with Crippen LogP contribution in [0.3, 0.4) is 0 Å². The second kappa shape index (κ2) is 6.95. The van der Waals surface area contributed by atoms with Crippen molar-refractivity contribution in [2.45, 2.75) is 62.7 Å². The molecule has 5 heteroatoms. The summed E-state index contributed by atoms with van der Waals surface area (Å²) in [5.74, 6) is 0. The third-order valence-corrected chi connectivity index (χ3v) is 6.40. The van der Waals surface area contributed by atoms with E-state index >= 15 is 0 Å². The average molecular weight is 346 g/mol. The first kappa shape index (κ1) is 17.4. The Labute approximate surface area is 150 Å². The van der Waals surface area contributed by atoms with Gasteiger partial charge in [-0.05, 0) is 57.1 Å². The van der Waals surface area contributed by atoms with Crippen molar-refractivity contribution in [3.63, 3.8) is 0 Å². The summed E-state index contributed by atoms with van der Waals surface area (Å²) in [5.41, 5.74) is 1.22. The van der Waals surface area contributed by atoms with Crippen LogP contribution < -0.4 is 0 Å². The molecule has 3 aliphatic heterocycles. The predicted molar refractivity (Wildman–Crippen MR) is 95.4 cm³/mol. The number of likely N-dealkylation sites (tertiary alicyclic amines) is 1. The van der Waals surface area contributed by atoms with Gasteiger partial charge >= 0.3 is 0 Å². The van der Waals surface area contributed by atoms with E-state index in [0.717, 1.165) is 82.7 Å². The molecule has 1 aromatic heterocycles. The molecule has 0 saturated carbocycles. The molecule has 4 heterocycles. The van der Waals surface area contributed by atoms with E-state index in [2.05, 4.69) is 9.88 Å². The first-order valence-electron chi connectivity index (χ1n) is 9.70. The lowest BCUT2D eigenvalue weighted by atomic mass is 9.81. The average Bonchev–Trinajstić information content (AvgIpc) is 2.63. The van der Waals surface area contributed by atoms with Gasteiger partial charge in [-0.2, -0.15) is 0 Å². The van der Waals surface area contributed by atoms with Gasteiger partial charge in [0.05, 0.1) is 11.3 Å². The highest BCUT2D eigenvalue weighted by Crippen LogP contribution is 2.39. The molecule has 1 aromatic rings. The third kappa shape index (κ3) is 3.61. The van der Waals surface area contributed by atoms with Gasteiger partial charge in [-0.3, -0.25) is 9.88 Å². The summed E-state index contributed by atoms with van der Waals surface area (Å²) >= 11 is 0. The number of pyridine rings is 1. The van der Waals surface area contributed by atoms with Crippen molar-refractivity contribution >= 4 is 0 Å². The largest absolute Gasteiger partial charge is 0.383 e. The maximum absolute atomic E-state index is 11.1. The highest BCUT2D eigenvalue weighted by atomic mass is 16.5. The standard InChI is InChI=1S/C20H30N2O3/c1-16-2-3-18(21-15-16)20(23)5-9-22(10-6-20)17-4-11-25-19(14-17)7-12-24-13-8-19/h2-3,15,17,23H,4-14H2,1H3/t17-/m1/s1. The predicted octanol–water partition coefficient (Wildman–Crippen LogP) is 2.40. The molecule has 1 N–H and O–H groups in total. The molecule has 0 unspecified atom stereocenters. The SMILES string of the molecule is Cc1ccc(C2(O)CCN([C@@H]3CCOC4(CCOCC4)C3)CC2)nc1. The molecule has 5 nitrogen and oxygen atoms in total. The molecule has 25 heavy (non-hydrogen) atoms. The fraction of sp³-hybridized carbons (Fsp3) is 0.750. The van der Waals surface area contributed by atoms with Crippen LogP contribution in [0.25, 0.3) is 0 Å². The summed E-state index contributed by atoms with van der Waals surface area (Å²) < 4.78 is 11.7. The van der Waals surface area contributed by atoms with E-state index in [4.69, 9.17) is 9.47 Å². The molecule has 0 amide bonds. The maximum atomic E-state index is 11.1. The molecule has 0 aliphatic carbocycles. The fourth-order valence-electron chi connectivity index (χ4n) is 4.66. The fourth-order valence-corrected chi connectivity index (χ4v) is 4.66. The van der Waals surface area contributed by atoms with E-state index in [9.17, 15) is 5.11 Å². The van der Waals surface area contributed by atoms with E-state index in [1.54, 1.807) is 0 Å². The van der Waals surface area contributed by atoms with Gasteiger partial charge in [0, 0.05) is 45.1 Å². The van der Waals surface area contributed by atoms with Crippen LogP contribution in [0.1, 0.15) is 49.8 Å². The lowest BCUT2D eigenvalue weighted by Crippen LogP contribution is -2.54. The zero-order valence-electron chi connectivity index (χ0n) is 15.2. The Morgan fingerprint density at radius 3 is 2.56 bits per heavy atom. The van der Waals surface area contributed by atoms with Gasteiger partial charge in [0.1, 0.15) is 5.60 Å². The van der Waals surface area contributed by atoms with E-state index < -0.39 is 5.60 Å². The Hall–Kier alpha value is -1.01. The van der Waals surface area contributed by atoms with Gasteiger partial charge in [-0.15, -0.1) is 0 Å². The highest BCUT2D eigenvalue weighted by molar-refractivity contribution is 5.18. The molecule has 138 valence electrons. The number of ether oxygens (including phenoxy) is 2. The van der Waals surface area contributed by atoms with E-state index in [-0.39, 0.29) is 5.60 Å². The molecule has 0 aromatic carbocycles. The van der Waals surface area contributed by atoms with Crippen LogP contribution in [0, 0.1) is 6.92 Å². The molecular weight excluding hydrogens is 316 g/mol. The Morgan fingerprint density at radius 2 is 1.88 bits per heavy atom. The quantitative estimate of drug-likeness (QED) is 0.891. The van der Waals surface area contributed by atoms with E-state index in [1.807, 2.05) is 25.3 Å². The molecular formula is C20H30N2O3. The summed E-state index contributed by atoms with van der Waals surface area (Å²) in [6.07, 6.45) is 7.63. The molecule has 0 radical (unpaired) electrons.